The van der Waals surface area contributed by atoms with Gasteiger partial charge in [0.2, 0.25) is 17.2 Å². The molecule has 0 bridgehead atoms. The molecular formula is C41H41N2O3+. The van der Waals surface area contributed by atoms with Crippen LogP contribution in [0.2, 0.25) is 0 Å². The van der Waals surface area contributed by atoms with Crippen molar-refractivity contribution in [3.63, 3.8) is 0 Å². The Morgan fingerprint density at radius 2 is 1.39 bits per heavy atom. The molecule has 2 aliphatic heterocycles. The molecule has 0 spiro atoms. The topological polar surface area (TPSA) is 60.6 Å². The van der Waals surface area contributed by atoms with E-state index < -0.39 is 16.2 Å². The van der Waals surface area contributed by atoms with Gasteiger partial charge in [0.15, 0.2) is 5.78 Å². The largest absolute Gasteiger partial charge is 0.506 e. The molecule has 0 radical (unpaired) electrons. The summed E-state index contributed by atoms with van der Waals surface area (Å²) >= 11 is 0. The number of anilines is 1. The molecule has 0 saturated carbocycles. The van der Waals surface area contributed by atoms with Gasteiger partial charge in [-0.05, 0) is 59.2 Å². The fourth-order valence-electron chi connectivity index (χ4n) is 8.12. The number of aliphatic hydroxyl groups is 1. The maximum absolute atomic E-state index is 14.4. The van der Waals surface area contributed by atoms with Crippen LogP contribution in [0.15, 0.2) is 107 Å². The molecule has 1 N–H and O–H groups in total. The van der Waals surface area contributed by atoms with Crippen LogP contribution in [0.25, 0.3) is 21.5 Å². The highest BCUT2D eigenvalue weighted by molar-refractivity contribution is 6.35. The maximum Gasteiger partial charge on any atom is 0.210 e. The van der Waals surface area contributed by atoms with Crippen LogP contribution in [0, 0.1) is 5.41 Å². The second-order valence-corrected chi connectivity index (χ2v) is 15.0. The molecule has 0 saturated heterocycles. The number of hydrogen-bond donors (Lipinski definition) is 1. The Morgan fingerprint density at radius 3 is 1.98 bits per heavy atom. The summed E-state index contributed by atoms with van der Waals surface area (Å²) in [6.45, 7) is 14.1. The number of fused-ring (bicyclic) bond motifs is 6. The van der Waals surface area contributed by atoms with E-state index in [0.29, 0.717) is 5.57 Å². The highest BCUT2D eigenvalue weighted by atomic mass is 16.3. The van der Waals surface area contributed by atoms with Crippen molar-refractivity contribution in [2.75, 3.05) is 19.0 Å². The van der Waals surface area contributed by atoms with Crippen molar-refractivity contribution in [3.05, 3.63) is 118 Å². The number of nitrogens with zero attached hydrogens (tertiary/aromatic N) is 2. The average Bonchev–Trinajstić information content (AvgIpc) is 3.34. The summed E-state index contributed by atoms with van der Waals surface area (Å²) in [4.78, 5) is 30.8. The number of rotatable bonds is 3. The number of carbonyl (C=O) groups is 2. The molecule has 46 heavy (non-hydrogen) atoms. The van der Waals surface area contributed by atoms with Crippen LogP contribution in [-0.2, 0) is 20.4 Å². The Hall–Kier alpha value is -4.77. The Morgan fingerprint density at radius 1 is 0.826 bits per heavy atom. The van der Waals surface area contributed by atoms with Crippen molar-refractivity contribution in [3.8, 4) is 0 Å². The van der Waals surface area contributed by atoms with Crippen molar-refractivity contribution in [1.29, 1.82) is 0 Å². The monoisotopic (exact) mass is 609 g/mol. The van der Waals surface area contributed by atoms with E-state index >= 15 is 0 Å². The normalized spacial score (nSPS) is 20.5. The highest BCUT2D eigenvalue weighted by Gasteiger charge is 2.53. The molecule has 1 aliphatic carbocycles. The third-order valence-electron chi connectivity index (χ3n) is 10.4. The molecule has 232 valence electrons. The minimum Gasteiger partial charge on any atom is -0.506 e. The maximum atomic E-state index is 14.4. The fraction of sp³-hybridized carbons (Fsp3) is 0.293. The zero-order chi connectivity index (χ0) is 33.1. The zero-order valence-electron chi connectivity index (χ0n) is 28.2. The molecule has 0 fully saturated rings. The Kier molecular flexibility index (Phi) is 6.26. The molecule has 2 heterocycles. The number of carbonyl (C=O) groups excluding carboxylic acids is 2. The summed E-state index contributed by atoms with van der Waals surface area (Å²) in [5.74, 6) is -0.592. The van der Waals surface area contributed by atoms with Crippen molar-refractivity contribution in [2.24, 2.45) is 5.41 Å². The number of ketones is 2. The van der Waals surface area contributed by atoms with E-state index in [2.05, 4.69) is 87.2 Å². The average molecular weight is 610 g/mol. The van der Waals surface area contributed by atoms with Crippen molar-refractivity contribution >= 4 is 50.2 Å². The molecule has 0 atom stereocenters. The number of aliphatic hydroxyl groups excluding tert-OH is 1. The van der Waals surface area contributed by atoms with Gasteiger partial charge in [-0.15, -0.1) is 0 Å². The number of hydrogen-bond acceptors (Lipinski definition) is 4. The summed E-state index contributed by atoms with van der Waals surface area (Å²) in [6.07, 6.45) is 1.82. The van der Waals surface area contributed by atoms with Crippen LogP contribution in [0.3, 0.4) is 0 Å². The number of likely N-dealkylation sites (N-methyl/N-ethyl adjacent to an activating group) is 1. The van der Waals surface area contributed by atoms with Crippen LogP contribution in [0.4, 0.5) is 11.4 Å². The lowest BCUT2D eigenvalue weighted by atomic mass is 9.69. The summed E-state index contributed by atoms with van der Waals surface area (Å²) in [6, 6.07) is 25.0. The first-order valence-corrected chi connectivity index (χ1v) is 16.0. The predicted molar refractivity (Wildman–Crippen MR) is 187 cm³/mol. The Labute approximate surface area is 270 Å². The van der Waals surface area contributed by atoms with Gasteiger partial charge in [-0.1, -0.05) is 89.2 Å². The van der Waals surface area contributed by atoms with Crippen LogP contribution in [0.5, 0.6) is 0 Å². The molecule has 5 heteroatoms. The summed E-state index contributed by atoms with van der Waals surface area (Å²) in [5, 5.41) is 16.4. The van der Waals surface area contributed by atoms with Crippen molar-refractivity contribution in [1.82, 2.24) is 0 Å². The van der Waals surface area contributed by atoms with E-state index in [0.717, 1.165) is 44.5 Å². The first kappa shape index (κ1) is 29.9. The lowest BCUT2D eigenvalue weighted by Crippen LogP contribution is -2.40. The second-order valence-electron chi connectivity index (χ2n) is 15.0. The Bertz CT molecular complexity index is 2200. The molecule has 0 aromatic heterocycles. The molecule has 7 rings (SSSR count). The van der Waals surface area contributed by atoms with Gasteiger partial charge >= 0.3 is 0 Å². The highest BCUT2D eigenvalue weighted by Crippen LogP contribution is 2.52. The first-order chi connectivity index (χ1) is 21.6. The molecular weight excluding hydrogens is 568 g/mol. The smallest absolute Gasteiger partial charge is 0.210 e. The molecule has 0 unspecified atom stereocenters. The second kappa shape index (κ2) is 9.62. The van der Waals surface area contributed by atoms with Gasteiger partial charge in [-0.2, -0.15) is 4.58 Å². The quantitative estimate of drug-likeness (QED) is 0.187. The van der Waals surface area contributed by atoms with Gasteiger partial charge in [0.1, 0.15) is 18.4 Å². The standard InChI is InChI=1S/C41H40N2O3/c1-39(2,3)38(46)32(37-41(6,7)34-26-17-13-11-15-24(26)19-21-29(34)43(37)9)31-35(44)27(36(31)45)22-30-40(4,5)33-25-16-12-10-14-23(25)18-20-28(33)42(30)8/h10-22H,1-9H3/p+1. The molecule has 4 aromatic rings. The summed E-state index contributed by atoms with van der Waals surface area (Å²) < 4.78 is 2.04. The summed E-state index contributed by atoms with van der Waals surface area (Å²) in [7, 11) is 3.96. The van der Waals surface area contributed by atoms with E-state index in [1.54, 1.807) is 0 Å². The van der Waals surface area contributed by atoms with Gasteiger partial charge in [-0.3, -0.25) is 9.59 Å². The lowest BCUT2D eigenvalue weighted by Gasteiger charge is -2.30. The van der Waals surface area contributed by atoms with Crippen molar-refractivity contribution in [2.45, 2.75) is 59.3 Å². The van der Waals surface area contributed by atoms with Gasteiger partial charge in [0.25, 0.3) is 0 Å². The molecule has 5 nitrogen and oxygen atoms in total. The molecule has 3 aliphatic rings. The van der Waals surface area contributed by atoms with Gasteiger partial charge in [0, 0.05) is 40.9 Å². The van der Waals surface area contributed by atoms with Gasteiger partial charge < -0.3 is 10.0 Å². The van der Waals surface area contributed by atoms with Crippen LogP contribution in [0.1, 0.15) is 59.6 Å². The molecule has 4 aromatic carbocycles. The van der Waals surface area contributed by atoms with Crippen LogP contribution >= 0.6 is 0 Å². The number of Topliss-reactive ketones (excluding diaryl/α,β-unsaturated/α-hetero) is 2. The lowest BCUT2D eigenvalue weighted by molar-refractivity contribution is -0.401. The fourth-order valence-corrected chi connectivity index (χ4v) is 8.12. The van der Waals surface area contributed by atoms with Gasteiger partial charge in [-0.25, -0.2) is 0 Å². The minimum atomic E-state index is -0.783. The third-order valence-corrected chi connectivity index (χ3v) is 10.4. The predicted octanol–water partition coefficient (Wildman–Crippen LogP) is 8.62. The first-order valence-electron chi connectivity index (χ1n) is 16.0. The van der Waals surface area contributed by atoms with E-state index in [9.17, 15) is 14.7 Å². The Balaban J connectivity index is 1.42. The number of benzene rings is 4. The number of allylic oxidation sites excluding steroid dienone is 5. The van der Waals surface area contributed by atoms with E-state index in [-0.39, 0.29) is 28.5 Å². The van der Waals surface area contributed by atoms with Gasteiger partial charge in [0.05, 0.1) is 16.6 Å². The minimum absolute atomic E-state index is 0.111. The van der Waals surface area contributed by atoms with Crippen LogP contribution < -0.4 is 4.90 Å². The third kappa shape index (κ3) is 3.90. The van der Waals surface area contributed by atoms with E-state index in [1.165, 1.54) is 10.9 Å². The van der Waals surface area contributed by atoms with E-state index in [1.807, 2.05) is 63.7 Å². The molecule has 0 amide bonds. The SMILES string of the molecule is CN1/C(=C/C2=C(O)C(=C(/C(=O)C(C)(C)C)C3=[N+](C)c4ccc5ccccc5c4C3(C)C)/C2=O)C(C)(C)c2c1ccc1ccccc21. The summed E-state index contributed by atoms with van der Waals surface area (Å²) in [5.41, 5.74) is 4.87. The zero-order valence-corrected chi connectivity index (χ0v) is 28.2. The van der Waals surface area contributed by atoms with Crippen molar-refractivity contribution < 1.29 is 19.3 Å². The van der Waals surface area contributed by atoms with E-state index in [4.69, 9.17) is 0 Å². The van der Waals surface area contributed by atoms with Crippen LogP contribution in [-0.4, -0.2) is 41.1 Å².